The Hall–Kier alpha value is -5.62. The van der Waals surface area contributed by atoms with Crippen molar-refractivity contribution in [2.75, 3.05) is 10.6 Å². The van der Waals surface area contributed by atoms with Crippen LogP contribution in [-0.2, 0) is 0 Å². The maximum absolute atomic E-state index is 13.4. The molecule has 0 aliphatic carbocycles. The lowest BCUT2D eigenvalue weighted by molar-refractivity contribution is 0.101. The van der Waals surface area contributed by atoms with Crippen molar-refractivity contribution < 1.29 is 19.2 Å². The van der Waals surface area contributed by atoms with Gasteiger partial charge in [-0.25, -0.2) is 0 Å². The number of anilines is 2. The summed E-state index contributed by atoms with van der Waals surface area (Å²) < 4.78 is 0. The van der Waals surface area contributed by atoms with Gasteiger partial charge in [0.25, 0.3) is 11.8 Å². The normalized spacial score (nSPS) is 10.5. The summed E-state index contributed by atoms with van der Waals surface area (Å²) in [4.78, 5) is 52.4. The highest BCUT2D eigenvalue weighted by atomic mass is 16.2. The fourth-order valence-corrected chi connectivity index (χ4v) is 4.40. The molecule has 6 heteroatoms. The Morgan fingerprint density at radius 2 is 0.927 bits per heavy atom. The number of carbonyl (C=O) groups is 4. The molecule has 0 fully saturated rings. The minimum Gasteiger partial charge on any atom is -0.321 e. The van der Waals surface area contributed by atoms with Crippen LogP contribution in [0.1, 0.15) is 58.1 Å². The molecule has 0 bridgehead atoms. The van der Waals surface area contributed by atoms with Gasteiger partial charge in [-0.05, 0) is 43.3 Å². The molecule has 5 aromatic carbocycles. The van der Waals surface area contributed by atoms with E-state index in [-0.39, 0.29) is 17.1 Å². The first kappa shape index (κ1) is 27.0. The zero-order valence-electron chi connectivity index (χ0n) is 22.3. The molecule has 0 aliphatic rings. The van der Waals surface area contributed by atoms with Crippen LogP contribution >= 0.6 is 0 Å². The molecule has 5 aromatic rings. The molecule has 0 unspecified atom stereocenters. The molecule has 0 aliphatic heterocycles. The van der Waals surface area contributed by atoms with E-state index in [1.807, 2.05) is 25.1 Å². The van der Waals surface area contributed by atoms with Crippen LogP contribution in [0.4, 0.5) is 11.4 Å². The van der Waals surface area contributed by atoms with Crippen LogP contribution in [0.5, 0.6) is 0 Å². The van der Waals surface area contributed by atoms with E-state index < -0.39 is 11.8 Å². The molecule has 0 atom stereocenters. The molecule has 5 rings (SSSR count). The third-order valence-corrected chi connectivity index (χ3v) is 6.57. The van der Waals surface area contributed by atoms with Gasteiger partial charge >= 0.3 is 0 Å². The lowest BCUT2D eigenvalue weighted by atomic mass is 9.99. The number of para-hydroxylation sites is 1. The smallest absolute Gasteiger partial charge is 0.257 e. The minimum atomic E-state index is -0.476. The summed E-state index contributed by atoms with van der Waals surface area (Å²) in [6, 6.07) is 36.0. The Kier molecular flexibility index (Phi) is 7.93. The molecule has 6 nitrogen and oxygen atoms in total. The molecule has 2 amide bonds. The van der Waals surface area contributed by atoms with Gasteiger partial charge in [0.05, 0.1) is 16.9 Å². The van der Waals surface area contributed by atoms with Gasteiger partial charge in [0.2, 0.25) is 0 Å². The number of rotatable bonds is 8. The lowest BCUT2D eigenvalue weighted by Gasteiger charge is -2.14. The van der Waals surface area contributed by atoms with Gasteiger partial charge in [-0.2, -0.15) is 0 Å². The maximum Gasteiger partial charge on any atom is 0.257 e. The first-order chi connectivity index (χ1) is 19.9. The molecule has 0 spiro atoms. The van der Waals surface area contributed by atoms with E-state index in [9.17, 15) is 19.2 Å². The van der Waals surface area contributed by atoms with Crippen LogP contribution < -0.4 is 10.6 Å². The molecule has 0 saturated heterocycles. The minimum absolute atomic E-state index is 0.138. The second-order valence-corrected chi connectivity index (χ2v) is 9.47. The molecule has 0 aromatic heterocycles. The monoisotopic (exact) mass is 538 g/mol. The Balaban J connectivity index is 1.34. The van der Waals surface area contributed by atoms with Crippen molar-refractivity contribution >= 4 is 34.8 Å². The zero-order chi connectivity index (χ0) is 28.8. The Labute approximate surface area is 237 Å². The quantitative estimate of drug-likeness (QED) is 0.209. The summed E-state index contributed by atoms with van der Waals surface area (Å²) in [5.41, 5.74) is 4.03. The summed E-state index contributed by atoms with van der Waals surface area (Å²) >= 11 is 0. The molecule has 200 valence electrons. The number of hydrogen-bond donors (Lipinski definition) is 2. The van der Waals surface area contributed by atoms with Gasteiger partial charge < -0.3 is 10.6 Å². The molecule has 0 radical (unpaired) electrons. The van der Waals surface area contributed by atoms with Crippen LogP contribution in [0.2, 0.25) is 0 Å². The van der Waals surface area contributed by atoms with E-state index in [2.05, 4.69) is 10.6 Å². The van der Waals surface area contributed by atoms with Crippen molar-refractivity contribution in [2.45, 2.75) is 6.92 Å². The second-order valence-electron chi connectivity index (χ2n) is 9.47. The van der Waals surface area contributed by atoms with Crippen molar-refractivity contribution in [1.82, 2.24) is 0 Å². The highest BCUT2D eigenvalue weighted by Gasteiger charge is 2.19. The van der Waals surface area contributed by atoms with Crippen molar-refractivity contribution in [1.29, 1.82) is 0 Å². The number of aryl methyl sites for hydroxylation is 1. The lowest BCUT2D eigenvalue weighted by Crippen LogP contribution is -2.19. The average Bonchev–Trinajstić information content (AvgIpc) is 3.02. The molecular formula is C35H26N2O4. The first-order valence-electron chi connectivity index (χ1n) is 13.0. The van der Waals surface area contributed by atoms with Gasteiger partial charge in [-0.3, -0.25) is 19.2 Å². The van der Waals surface area contributed by atoms with Crippen LogP contribution in [0, 0.1) is 6.92 Å². The van der Waals surface area contributed by atoms with Crippen LogP contribution in [0.25, 0.3) is 0 Å². The topological polar surface area (TPSA) is 92.3 Å². The summed E-state index contributed by atoms with van der Waals surface area (Å²) in [7, 11) is 0. The first-order valence-corrected chi connectivity index (χ1v) is 13.0. The highest BCUT2D eigenvalue weighted by molar-refractivity contribution is 6.17. The molecular weight excluding hydrogens is 512 g/mol. The van der Waals surface area contributed by atoms with Crippen LogP contribution in [0.15, 0.2) is 127 Å². The van der Waals surface area contributed by atoms with E-state index >= 15 is 0 Å². The number of amides is 2. The predicted octanol–water partition coefficient (Wildman–Crippen LogP) is 6.96. The fraction of sp³-hybridized carbons (Fsp3) is 0.0286. The van der Waals surface area contributed by atoms with Gasteiger partial charge in [0, 0.05) is 27.8 Å². The van der Waals surface area contributed by atoms with E-state index in [1.54, 1.807) is 109 Å². The summed E-state index contributed by atoms with van der Waals surface area (Å²) in [6.07, 6.45) is 0. The molecule has 0 saturated carbocycles. The van der Waals surface area contributed by atoms with E-state index in [4.69, 9.17) is 0 Å². The molecule has 41 heavy (non-hydrogen) atoms. The highest BCUT2D eigenvalue weighted by Crippen LogP contribution is 2.24. The summed E-state index contributed by atoms with van der Waals surface area (Å²) in [6.45, 7) is 1.88. The summed E-state index contributed by atoms with van der Waals surface area (Å²) in [5.74, 6) is -1.25. The largest absolute Gasteiger partial charge is 0.321 e. The molecule has 2 N–H and O–H groups in total. The Morgan fingerprint density at radius 1 is 0.439 bits per heavy atom. The predicted molar refractivity (Wildman–Crippen MR) is 160 cm³/mol. The number of benzene rings is 5. The van der Waals surface area contributed by atoms with Gasteiger partial charge in [0.1, 0.15) is 0 Å². The van der Waals surface area contributed by atoms with E-state index in [1.165, 1.54) is 0 Å². The van der Waals surface area contributed by atoms with Gasteiger partial charge in [-0.15, -0.1) is 0 Å². The van der Waals surface area contributed by atoms with Crippen molar-refractivity contribution in [3.63, 3.8) is 0 Å². The molecule has 0 heterocycles. The third kappa shape index (κ3) is 6.18. The van der Waals surface area contributed by atoms with Crippen molar-refractivity contribution in [3.8, 4) is 0 Å². The SMILES string of the molecule is Cc1ccc(NC(=O)c2ccccc2NC(=O)c2ccc(C(=O)c3ccccc3)cc2)c(C(=O)c2ccccc2)c1. The van der Waals surface area contributed by atoms with Crippen molar-refractivity contribution in [3.05, 3.63) is 166 Å². The average molecular weight is 539 g/mol. The van der Waals surface area contributed by atoms with Gasteiger partial charge in [0.15, 0.2) is 11.6 Å². The van der Waals surface area contributed by atoms with Crippen LogP contribution in [-0.4, -0.2) is 23.4 Å². The zero-order valence-corrected chi connectivity index (χ0v) is 22.3. The fourth-order valence-electron chi connectivity index (χ4n) is 4.40. The third-order valence-electron chi connectivity index (χ3n) is 6.57. The van der Waals surface area contributed by atoms with Crippen molar-refractivity contribution in [2.24, 2.45) is 0 Å². The number of hydrogen-bond acceptors (Lipinski definition) is 4. The standard InChI is InChI=1S/C35H26N2O4/c1-23-16-21-31(29(22-23)33(39)25-12-6-3-7-13-25)37-35(41)28-14-8-9-15-30(28)36-34(40)27-19-17-26(18-20-27)32(38)24-10-4-2-5-11-24/h2-22H,1H3,(H,36,40)(H,37,41). The Morgan fingerprint density at radius 3 is 1.59 bits per heavy atom. The number of nitrogens with one attached hydrogen (secondary N) is 2. The van der Waals surface area contributed by atoms with Gasteiger partial charge in [-0.1, -0.05) is 96.6 Å². The summed E-state index contributed by atoms with van der Waals surface area (Å²) in [5, 5.41) is 5.64. The second kappa shape index (κ2) is 12.1. The van der Waals surface area contributed by atoms with Crippen LogP contribution in [0.3, 0.4) is 0 Å². The van der Waals surface area contributed by atoms with E-state index in [0.717, 1.165) is 5.56 Å². The Bertz CT molecular complexity index is 1750. The maximum atomic E-state index is 13.4. The number of ketones is 2. The number of carbonyl (C=O) groups excluding carboxylic acids is 4. The van der Waals surface area contributed by atoms with E-state index in [0.29, 0.717) is 39.2 Å².